The quantitative estimate of drug-likeness (QED) is 0.418. The third-order valence-corrected chi connectivity index (χ3v) is 5.77. The minimum absolute atomic E-state index is 0.0969. The van der Waals surface area contributed by atoms with Gasteiger partial charge in [0.05, 0.1) is 16.7 Å². The van der Waals surface area contributed by atoms with Gasteiger partial charge in [0, 0.05) is 30.3 Å². The number of pyridine rings is 1. The highest BCUT2D eigenvalue weighted by Gasteiger charge is 2.33. The zero-order chi connectivity index (χ0) is 21.5. The first-order chi connectivity index (χ1) is 15.0. The molecule has 4 aromatic rings. The van der Waals surface area contributed by atoms with Crippen molar-refractivity contribution in [3.05, 3.63) is 87.6 Å². The molecular weight excluding hydrogens is 414 g/mol. The van der Waals surface area contributed by atoms with Crippen molar-refractivity contribution in [3.63, 3.8) is 0 Å². The van der Waals surface area contributed by atoms with Crippen LogP contribution in [0.1, 0.15) is 29.0 Å². The molecule has 156 valence electrons. The van der Waals surface area contributed by atoms with Crippen LogP contribution in [0.15, 0.2) is 65.6 Å². The molecule has 2 aromatic carbocycles. The molecule has 0 saturated heterocycles. The predicted molar refractivity (Wildman–Crippen MR) is 119 cm³/mol. The normalized spacial score (nSPS) is 13.5. The summed E-state index contributed by atoms with van der Waals surface area (Å²) < 4.78 is 9.10. The molecule has 0 spiro atoms. The lowest BCUT2D eigenvalue weighted by molar-refractivity contribution is 0.0955. The van der Waals surface area contributed by atoms with E-state index in [-0.39, 0.29) is 17.3 Å². The molecule has 1 aliphatic carbocycles. The molecule has 1 fully saturated rings. The number of carbonyl (C=O) groups excluding carboxylic acids is 1. The highest BCUT2D eigenvalue weighted by molar-refractivity contribution is 6.30. The Balaban J connectivity index is 1.40. The van der Waals surface area contributed by atoms with E-state index in [2.05, 4.69) is 4.98 Å². The van der Waals surface area contributed by atoms with E-state index in [1.165, 1.54) is 6.07 Å². The standard InChI is InChI=1S/C24H20ClN3O3/c1-27-21-12-18(8-9-20(21)26-24(27)23(30)16-4-5-16)28-11-10-19(13-22(28)29)31-14-15-2-6-17(25)7-3-15/h2-3,6-13,16H,4-5,14H2,1H3. The van der Waals surface area contributed by atoms with Crippen LogP contribution in [0.5, 0.6) is 5.75 Å². The van der Waals surface area contributed by atoms with Crippen molar-refractivity contribution in [2.45, 2.75) is 19.4 Å². The second kappa shape index (κ2) is 7.71. The van der Waals surface area contributed by atoms with Gasteiger partial charge in [-0.15, -0.1) is 0 Å². The minimum atomic E-state index is -0.204. The molecule has 1 aliphatic rings. The molecule has 1 saturated carbocycles. The Kier molecular flexibility index (Phi) is 4.87. The van der Waals surface area contributed by atoms with Gasteiger partial charge >= 0.3 is 0 Å². The molecular formula is C24H20ClN3O3. The summed E-state index contributed by atoms with van der Waals surface area (Å²) in [5.74, 6) is 1.18. The van der Waals surface area contributed by atoms with Crippen molar-refractivity contribution in [1.82, 2.24) is 14.1 Å². The zero-order valence-electron chi connectivity index (χ0n) is 16.9. The highest BCUT2D eigenvalue weighted by Crippen LogP contribution is 2.33. The highest BCUT2D eigenvalue weighted by atomic mass is 35.5. The number of Topliss-reactive ketones (excluding diaryl/α,β-unsaturated/α-hetero) is 1. The van der Waals surface area contributed by atoms with E-state index in [0.29, 0.717) is 28.9 Å². The maximum Gasteiger partial charge on any atom is 0.258 e. The van der Waals surface area contributed by atoms with Gasteiger partial charge in [-0.1, -0.05) is 23.7 Å². The molecule has 6 nitrogen and oxygen atoms in total. The number of fused-ring (bicyclic) bond motifs is 1. The summed E-state index contributed by atoms with van der Waals surface area (Å²) in [6.07, 6.45) is 3.57. The first kappa shape index (κ1) is 19.6. The Morgan fingerprint density at radius 1 is 1.13 bits per heavy atom. The second-order valence-electron chi connectivity index (χ2n) is 7.79. The number of hydrogen-bond acceptors (Lipinski definition) is 4. The van der Waals surface area contributed by atoms with E-state index in [1.54, 1.807) is 29.0 Å². The molecule has 0 amide bonds. The molecule has 2 aromatic heterocycles. The number of nitrogens with zero attached hydrogens (tertiary/aromatic N) is 3. The fraction of sp³-hybridized carbons (Fsp3) is 0.208. The molecule has 0 atom stereocenters. The second-order valence-corrected chi connectivity index (χ2v) is 8.23. The Hall–Kier alpha value is -3.38. The summed E-state index contributed by atoms with van der Waals surface area (Å²) >= 11 is 5.90. The van der Waals surface area contributed by atoms with Gasteiger partial charge in [-0.25, -0.2) is 4.98 Å². The number of ether oxygens (including phenoxy) is 1. The topological polar surface area (TPSA) is 66.1 Å². The third kappa shape index (κ3) is 3.86. The Morgan fingerprint density at radius 2 is 1.90 bits per heavy atom. The van der Waals surface area contributed by atoms with Crippen molar-refractivity contribution in [2.24, 2.45) is 13.0 Å². The number of hydrogen-bond donors (Lipinski definition) is 0. The lowest BCUT2D eigenvalue weighted by atomic mass is 10.2. The molecule has 0 radical (unpaired) electrons. The number of halogens is 1. The van der Waals surface area contributed by atoms with Crippen LogP contribution in [-0.2, 0) is 13.7 Å². The fourth-order valence-electron chi connectivity index (χ4n) is 3.59. The molecule has 0 bridgehead atoms. The maximum atomic E-state index is 12.7. The van der Waals surface area contributed by atoms with Crippen molar-refractivity contribution >= 4 is 28.4 Å². The summed E-state index contributed by atoms with van der Waals surface area (Å²) in [5.41, 5.74) is 3.02. The Labute approximate surface area is 183 Å². The lowest BCUT2D eigenvalue weighted by Gasteiger charge is -2.09. The van der Waals surface area contributed by atoms with E-state index in [4.69, 9.17) is 16.3 Å². The van der Waals surface area contributed by atoms with Crippen LogP contribution in [0.2, 0.25) is 5.02 Å². The first-order valence-corrected chi connectivity index (χ1v) is 10.5. The molecule has 5 rings (SSSR count). The van der Waals surface area contributed by atoms with E-state index in [9.17, 15) is 9.59 Å². The van der Waals surface area contributed by atoms with Crippen molar-refractivity contribution in [3.8, 4) is 11.4 Å². The summed E-state index contributed by atoms with van der Waals surface area (Å²) in [6, 6.07) is 16.1. The number of benzene rings is 2. The predicted octanol–water partition coefficient (Wildman–Crippen LogP) is 4.55. The summed E-state index contributed by atoms with van der Waals surface area (Å²) in [4.78, 5) is 29.7. The number of aryl methyl sites for hydroxylation is 1. The van der Waals surface area contributed by atoms with Crippen LogP contribution in [0.25, 0.3) is 16.7 Å². The maximum absolute atomic E-state index is 12.7. The largest absolute Gasteiger partial charge is 0.489 e. The molecule has 7 heteroatoms. The summed E-state index contributed by atoms with van der Waals surface area (Å²) in [7, 11) is 1.84. The van der Waals surface area contributed by atoms with Gasteiger partial charge < -0.3 is 9.30 Å². The number of carbonyl (C=O) groups is 1. The van der Waals surface area contributed by atoms with Crippen molar-refractivity contribution < 1.29 is 9.53 Å². The Bertz CT molecular complexity index is 1350. The smallest absolute Gasteiger partial charge is 0.258 e. The van der Waals surface area contributed by atoms with Gasteiger partial charge in [-0.3, -0.25) is 14.2 Å². The van der Waals surface area contributed by atoms with Gasteiger partial charge in [0.25, 0.3) is 5.56 Å². The van der Waals surface area contributed by atoms with Crippen LogP contribution < -0.4 is 10.3 Å². The SMILES string of the molecule is Cn1c(C(=O)C2CC2)nc2ccc(-n3ccc(OCc4ccc(Cl)cc4)cc3=O)cc21. The number of imidazole rings is 1. The van der Waals surface area contributed by atoms with Crippen LogP contribution in [0.4, 0.5) is 0 Å². The zero-order valence-corrected chi connectivity index (χ0v) is 17.7. The minimum Gasteiger partial charge on any atom is -0.489 e. The van der Waals surface area contributed by atoms with Crippen molar-refractivity contribution in [2.75, 3.05) is 0 Å². The molecule has 0 N–H and O–H groups in total. The Morgan fingerprint density at radius 3 is 2.61 bits per heavy atom. The summed E-state index contributed by atoms with van der Waals surface area (Å²) in [6.45, 7) is 0.347. The van der Waals surface area contributed by atoms with Crippen LogP contribution in [0.3, 0.4) is 0 Å². The fourth-order valence-corrected chi connectivity index (χ4v) is 3.71. The van der Waals surface area contributed by atoms with E-state index >= 15 is 0 Å². The van der Waals surface area contributed by atoms with Crippen LogP contribution in [-0.4, -0.2) is 19.9 Å². The average Bonchev–Trinajstić information content (AvgIpc) is 3.57. The molecule has 31 heavy (non-hydrogen) atoms. The van der Waals surface area contributed by atoms with Gasteiger partial charge in [0.1, 0.15) is 12.4 Å². The first-order valence-electron chi connectivity index (χ1n) is 10.1. The van der Waals surface area contributed by atoms with Gasteiger partial charge in [0.15, 0.2) is 5.82 Å². The van der Waals surface area contributed by atoms with Crippen LogP contribution >= 0.6 is 11.6 Å². The number of ketones is 1. The molecule has 0 aliphatic heterocycles. The van der Waals surface area contributed by atoms with Crippen LogP contribution in [0, 0.1) is 5.92 Å². The molecule has 0 unspecified atom stereocenters. The monoisotopic (exact) mass is 433 g/mol. The van der Waals surface area contributed by atoms with Crippen molar-refractivity contribution in [1.29, 1.82) is 0 Å². The van der Waals surface area contributed by atoms with Gasteiger partial charge in [-0.05, 0) is 54.8 Å². The number of aromatic nitrogens is 3. The third-order valence-electron chi connectivity index (χ3n) is 5.52. The van der Waals surface area contributed by atoms with E-state index < -0.39 is 0 Å². The number of rotatable bonds is 6. The van der Waals surface area contributed by atoms with E-state index in [0.717, 1.165) is 29.4 Å². The lowest BCUT2D eigenvalue weighted by Crippen LogP contribution is -2.16. The summed E-state index contributed by atoms with van der Waals surface area (Å²) in [5, 5.41) is 0.667. The average molecular weight is 434 g/mol. The van der Waals surface area contributed by atoms with Gasteiger partial charge in [0.2, 0.25) is 5.78 Å². The van der Waals surface area contributed by atoms with Gasteiger partial charge in [-0.2, -0.15) is 0 Å². The molecule has 2 heterocycles. The van der Waals surface area contributed by atoms with E-state index in [1.807, 2.05) is 41.9 Å².